The molecule has 1 rings (SSSR count). The van der Waals surface area contributed by atoms with Gasteiger partial charge in [0.05, 0.1) is 0 Å². The topological polar surface area (TPSA) is 25.2 Å². The molecule has 1 aromatic rings. The van der Waals surface area contributed by atoms with Crippen LogP contribution in [0.1, 0.15) is 26.3 Å². The molecule has 56 valence electrons. The van der Waals surface area contributed by atoms with Gasteiger partial charge in [0.15, 0.2) is 5.88 Å². The number of aromatic nitrogens is 1. The van der Waals surface area contributed by atoms with Gasteiger partial charge in [0, 0.05) is 12.2 Å². The fourth-order valence-electron chi connectivity index (χ4n) is 0.954. The van der Waals surface area contributed by atoms with Gasteiger partial charge in [-0.3, -0.25) is 0 Å². The Balaban J connectivity index is 2.82. The molecule has 1 atom stereocenters. The molecular formula is C8H13NO. The van der Waals surface area contributed by atoms with E-state index in [4.69, 9.17) is 0 Å². The first-order chi connectivity index (χ1) is 4.75. The van der Waals surface area contributed by atoms with Crippen LogP contribution in [0.3, 0.4) is 0 Å². The zero-order valence-electron chi connectivity index (χ0n) is 6.41. The minimum atomic E-state index is 0.356. The molecule has 0 amide bonds. The Morgan fingerprint density at radius 3 is 2.80 bits per heavy atom. The molecule has 0 radical (unpaired) electrons. The number of rotatable bonds is 2. The van der Waals surface area contributed by atoms with Gasteiger partial charge in [-0.1, -0.05) is 6.92 Å². The van der Waals surface area contributed by atoms with Crippen molar-refractivity contribution in [2.45, 2.75) is 26.3 Å². The Labute approximate surface area is 61.1 Å². The molecule has 0 spiro atoms. The van der Waals surface area contributed by atoms with Gasteiger partial charge in [0.1, 0.15) is 0 Å². The summed E-state index contributed by atoms with van der Waals surface area (Å²) in [7, 11) is 0. The van der Waals surface area contributed by atoms with Crippen molar-refractivity contribution in [2.75, 3.05) is 0 Å². The molecule has 1 unspecified atom stereocenters. The summed E-state index contributed by atoms with van der Waals surface area (Å²) in [6.07, 6.45) is 2.94. The van der Waals surface area contributed by atoms with Gasteiger partial charge in [-0.2, -0.15) is 0 Å². The van der Waals surface area contributed by atoms with Gasteiger partial charge < -0.3 is 9.67 Å². The Morgan fingerprint density at radius 2 is 2.40 bits per heavy atom. The average molecular weight is 139 g/mol. The van der Waals surface area contributed by atoms with Crippen molar-refractivity contribution >= 4 is 0 Å². The Kier molecular flexibility index (Phi) is 2.00. The van der Waals surface area contributed by atoms with Crippen molar-refractivity contribution in [3.8, 4) is 5.88 Å². The highest BCUT2D eigenvalue weighted by Crippen LogP contribution is 2.18. The van der Waals surface area contributed by atoms with E-state index in [-0.39, 0.29) is 0 Å². The summed E-state index contributed by atoms with van der Waals surface area (Å²) < 4.78 is 1.86. The molecule has 1 heterocycles. The molecule has 0 aromatic carbocycles. The molecule has 0 aliphatic heterocycles. The number of nitrogens with zero attached hydrogens (tertiary/aromatic N) is 1. The predicted octanol–water partition coefficient (Wildman–Crippen LogP) is 2.16. The van der Waals surface area contributed by atoms with E-state index in [2.05, 4.69) is 13.8 Å². The van der Waals surface area contributed by atoms with Crippen LogP contribution >= 0.6 is 0 Å². The monoisotopic (exact) mass is 139 g/mol. The standard InChI is InChI=1S/C8H13NO/c1-3-7(2)9-6-4-5-8(9)10/h4-7,10H,3H2,1-2H3. The molecular weight excluding hydrogens is 126 g/mol. The third-order valence-corrected chi connectivity index (χ3v) is 1.82. The molecule has 0 fully saturated rings. The SMILES string of the molecule is CCC(C)n1cccc1O. The molecule has 1 N–H and O–H groups in total. The third kappa shape index (κ3) is 1.15. The van der Waals surface area contributed by atoms with Crippen molar-refractivity contribution in [1.82, 2.24) is 4.57 Å². The Morgan fingerprint density at radius 1 is 1.70 bits per heavy atom. The highest BCUT2D eigenvalue weighted by atomic mass is 16.3. The maximum Gasteiger partial charge on any atom is 0.191 e. The van der Waals surface area contributed by atoms with E-state index in [1.165, 1.54) is 0 Å². The van der Waals surface area contributed by atoms with Crippen LogP contribution in [-0.2, 0) is 0 Å². The predicted molar refractivity (Wildman–Crippen MR) is 41.1 cm³/mol. The number of aromatic hydroxyl groups is 1. The first kappa shape index (κ1) is 7.19. The van der Waals surface area contributed by atoms with E-state index in [0.717, 1.165) is 6.42 Å². The van der Waals surface area contributed by atoms with Gasteiger partial charge in [0.2, 0.25) is 0 Å². The van der Waals surface area contributed by atoms with Gasteiger partial charge in [-0.05, 0) is 25.5 Å². The lowest BCUT2D eigenvalue weighted by molar-refractivity contribution is 0.387. The largest absolute Gasteiger partial charge is 0.494 e. The van der Waals surface area contributed by atoms with Crippen LogP contribution in [0.5, 0.6) is 5.88 Å². The number of hydrogen-bond donors (Lipinski definition) is 1. The van der Waals surface area contributed by atoms with E-state index in [9.17, 15) is 5.11 Å². The number of hydrogen-bond acceptors (Lipinski definition) is 1. The van der Waals surface area contributed by atoms with Crippen LogP contribution in [0.15, 0.2) is 18.3 Å². The van der Waals surface area contributed by atoms with Crippen LogP contribution in [0.25, 0.3) is 0 Å². The maximum absolute atomic E-state index is 9.22. The first-order valence-corrected chi connectivity index (χ1v) is 3.61. The van der Waals surface area contributed by atoms with Gasteiger partial charge >= 0.3 is 0 Å². The van der Waals surface area contributed by atoms with Crippen molar-refractivity contribution in [3.63, 3.8) is 0 Å². The molecule has 0 bridgehead atoms. The fraction of sp³-hybridized carbons (Fsp3) is 0.500. The summed E-state index contributed by atoms with van der Waals surface area (Å²) in [4.78, 5) is 0. The molecule has 0 saturated carbocycles. The summed E-state index contributed by atoms with van der Waals surface area (Å²) in [6.45, 7) is 4.18. The summed E-state index contributed by atoms with van der Waals surface area (Å²) in [5, 5.41) is 9.22. The highest BCUT2D eigenvalue weighted by Gasteiger charge is 2.03. The normalized spacial score (nSPS) is 13.4. The molecule has 2 nitrogen and oxygen atoms in total. The minimum Gasteiger partial charge on any atom is -0.494 e. The second kappa shape index (κ2) is 2.78. The average Bonchev–Trinajstić information content (AvgIpc) is 2.34. The first-order valence-electron chi connectivity index (χ1n) is 3.61. The second-order valence-corrected chi connectivity index (χ2v) is 2.53. The van der Waals surface area contributed by atoms with E-state index in [0.29, 0.717) is 11.9 Å². The Bertz CT molecular complexity index is 205. The second-order valence-electron chi connectivity index (χ2n) is 2.53. The summed E-state index contributed by atoms with van der Waals surface area (Å²) in [5.41, 5.74) is 0. The molecule has 1 aromatic heterocycles. The van der Waals surface area contributed by atoms with Crippen LogP contribution in [0.2, 0.25) is 0 Å². The maximum atomic E-state index is 9.22. The van der Waals surface area contributed by atoms with Crippen LogP contribution in [-0.4, -0.2) is 9.67 Å². The van der Waals surface area contributed by atoms with E-state index >= 15 is 0 Å². The smallest absolute Gasteiger partial charge is 0.191 e. The van der Waals surface area contributed by atoms with Crippen LogP contribution in [0.4, 0.5) is 0 Å². The van der Waals surface area contributed by atoms with Gasteiger partial charge in [-0.25, -0.2) is 0 Å². The van der Waals surface area contributed by atoms with Gasteiger partial charge in [-0.15, -0.1) is 0 Å². The quantitative estimate of drug-likeness (QED) is 0.667. The molecule has 0 aliphatic rings. The third-order valence-electron chi connectivity index (χ3n) is 1.82. The molecule has 0 saturated heterocycles. The van der Waals surface area contributed by atoms with Crippen LogP contribution < -0.4 is 0 Å². The fourth-order valence-corrected chi connectivity index (χ4v) is 0.954. The van der Waals surface area contributed by atoms with Crippen molar-refractivity contribution in [3.05, 3.63) is 18.3 Å². The van der Waals surface area contributed by atoms with Gasteiger partial charge in [0.25, 0.3) is 0 Å². The minimum absolute atomic E-state index is 0.356. The van der Waals surface area contributed by atoms with E-state index in [1.807, 2.05) is 16.8 Å². The van der Waals surface area contributed by atoms with Crippen molar-refractivity contribution in [1.29, 1.82) is 0 Å². The summed E-state index contributed by atoms with van der Waals surface area (Å²) in [6, 6.07) is 3.95. The zero-order valence-corrected chi connectivity index (χ0v) is 6.41. The highest BCUT2D eigenvalue weighted by molar-refractivity contribution is 5.12. The van der Waals surface area contributed by atoms with E-state index < -0.39 is 0 Å². The summed E-state index contributed by atoms with van der Waals surface area (Å²) in [5.74, 6) is 0.356. The zero-order chi connectivity index (χ0) is 7.56. The lowest BCUT2D eigenvalue weighted by atomic mass is 10.3. The summed E-state index contributed by atoms with van der Waals surface area (Å²) >= 11 is 0. The Hall–Kier alpha value is -0.920. The molecule has 10 heavy (non-hydrogen) atoms. The van der Waals surface area contributed by atoms with E-state index in [1.54, 1.807) is 6.07 Å². The van der Waals surface area contributed by atoms with Crippen molar-refractivity contribution < 1.29 is 5.11 Å². The van der Waals surface area contributed by atoms with Crippen LogP contribution in [0, 0.1) is 0 Å². The lowest BCUT2D eigenvalue weighted by Crippen LogP contribution is -2.00. The molecule has 0 aliphatic carbocycles. The van der Waals surface area contributed by atoms with Crippen molar-refractivity contribution in [2.24, 2.45) is 0 Å². The lowest BCUT2D eigenvalue weighted by Gasteiger charge is -2.11. The molecule has 2 heteroatoms.